The first kappa shape index (κ1) is 9.32. The van der Waals surface area contributed by atoms with Crippen LogP contribution in [0.4, 0.5) is 4.79 Å². The molecule has 0 aromatic carbocycles. The van der Waals surface area contributed by atoms with E-state index in [1.165, 1.54) is 6.42 Å². The number of amides is 1. The molecule has 1 aliphatic heterocycles. The van der Waals surface area contributed by atoms with Crippen molar-refractivity contribution < 1.29 is 14.6 Å². The van der Waals surface area contributed by atoms with Crippen molar-refractivity contribution in [1.82, 2.24) is 4.90 Å². The Morgan fingerprint density at radius 2 is 2.00 bits per heavy atom. The second-order valence-electron chi connectivity index (χ2n) is 2.80. The van der Waals surface area contributed by atoms with Gasteiger partial charge in [0.25, 0.3) is 0 Å². The summed E-state index contributed by atoms with van der Waals surface area (Å²) < 4.78 is 0. The van der Waals surface area contributed by atoms with Crippen LogP contribution in [0.25, 0.3) is 0 Å². The van der Waals surface area contributed by atoms with Gasteiger partial charge in [0.2, 0.25) is 0 Å². The monoisotopic (exact) mass is 173 g/mol. The van der Waals surface area contributed by atoms with E-state index in [9.17, 15) is 4.79 Å². The van der Waals surface area contributed by atoms with Crippen molar-refractivity contribution in [2.45, 2.75) is 26.2 Å². The van der Waals surface area contributed by atoms with Crippen LogP contribution in [-0.4, -0.2) is 30.7 Å². The molecule has 70 valence electrons. The van der Waals surface area contributed by atoms with Crippen LogP contribution in [0, 0.1) is 0 Å². The number of piperidine rings is 1. The molecule has 1 amide bonds. The summed E-state index contributed by atoms with van der Waals surface area (Å²) >= 11 is 0. The molecule has 0 aliphatic carbocycles. The molecule has 0 N–H and O–H groups in total. The van der Waals surface area contributed by atoms with Crippen LogP contribution >= 0.6 is 0 Å². The second-order valence-corrected chi connectivity index (χ2v) is 2.80. The minimum absolute atomic E-state index is 0.350. The van der Waals surface area contributed by atoms with E-state index in [0.717, 1.165) is 25.9 Å². The lowest BCUT2D eigenvalue weighted by molar-refractivity contribution is -0.242. The van der Waals surface area contributed by atoms with Crippen LogP contribution in [-0.2, 0) is 9.78 Å². The molecule has 0 saturated carbocycles. The van der Waals surface area contributed by atoms with Crippen LogP contribution < -0.4 is 0 Å². The number of nitrogens with zero attached hydrogens (tertiary/aromatic N) is 1. The summed E-state index contributed by atoms with van der Waals surface area (Å²) in [5.74, 6) is 0. The average molecular weight is 173 g/mol. The molecule has 4 heteroatoms. The first-order valence-corrected chi connectivity index (χ1v) is 4.43. The van der Waals surface area contributed by atoms with Crippen LogP contribution in [0.3, 0.4) is 0 Å². The quantitative estimate of drug-likeness (QED) is 0.470. The van der Waals surface area contributed by atoms with Crippen LogP contribution in [0.15, 0.2) is 0 Å². The van der Waals surface area contributed by atoms with Gasteiger partial charge in [0.1, 0.15) is 0 Å². The van der Waals surface area contributed by atoms with E-state index in [0.29, 0.717) is 6.61 Å². The number of likely N-dealkylation sites (tertiary alicyclic amines) is 1. The molecule has 0 aromatic rings. The smallest absolute Gasteiger partial charge is 0.306 e. The number of carbonyl (C=O) groups excluding carboxylic acids is 1. The highest BCUT2D eigenvalue weighted by atomic mass is 17.2. The molecule has 1 aliphatic rings. The van der Waals surface area contributed by atoms with E-state index in [2.05, 4.69) is 9.78 Å². The summed E-state index contributed by atoms with van der Waals surface area (Å²) in [5, 5.41) is 0. The zero-order chi connectivity index (χ0) is 8.81. The maximum Gasteiger partial charge on any atom is 0.441 e. The van der Waals surface area contributed by atoms with E-state index in [-0.39, 0.29) is 6.09 Å². The molecule has 12 heavy (non-hydrogen) atoms. The van der Waals surface area contributed by atoms with Gasteiger partial charge in [0.05, 0.1) is 6.61 Å². The van der Waals surface area contributed by atoms with Crippen molar-refractivity contribution in [3.63, 3.8) is 0 Å². The lowest BCUT2D eigenvalue weighted by atomic mass is 10.1. The van der Waals surface area contributed by atoms with Gasteiger partial charge in [-0.3, -0.25) is 4.89 Å². The number of rotatable bonds is 2. The summed E-state index contributed by atoms with van der Waals surface area (Å²) in [6.07, 6.45) is 3.00. The zero-order valence-electron chi connectivity index (χ0n) is 7.41. The van der Waals surface area contributed by atoms with Crippen molar-refractivity contribution in [2.24, 2.45) is 0 Å². The van der Waals surface area contributed by atoms with Crippen molar-refractivity contribution in [2.75, 3.05) is 19.7 Å². The SMILES string of the molecule is CCOOC(=O)N1CCCCC1. The van der Waals surface area contributed by atoms with Gasteiger partial charge in [0, 0.05) is 13.1 Å². The fourth-order valence-corrected chi connectivity index (χ4v) is 1.24. The maximum atomic E-state index is 11.1. The molecule has 0 bridgehead atoms. The summed E-state index contributed by atoms with van der Waals surface area (Å²) in [6, 6.07) is 0. The van der Waals surface area contributed by atoms with E-state index < -0.39 is 0 Å². The van der Waals surface area contributed by atoms with Crippen molar-refractivity contribution in [1.29, 1.82) is 0 Å². The Kier molecular flexibility index (Phi) is 3.87. The lowest BCUT2D eigenvalue weighted by Crippen LogP contribution is -2.36. The highest BCUT2D eigenvalue weighted by molar-refractivity contribution is 5.66. The largest absolute Gasteiger partial charge is 0.441 e. The third-order valence-electron chi connectivity index (χ3n) is 1.86. The molecule has 1 heterocycles. The van der Waals surface area contributed by atoms with Gasteiger partial charge in [-0.15, -0.1) is 0 Å². The lowest BCUT2D eigenvalue weighted by Gasteiger charge is -2.24. The summed E-state index contributed by atoms with van der Waals surface area (Å²) in [5.41, 5.74) is 0. The van der Waals surface area contributed by atoms with E-state index >= 15 is 0 Å². The van der Waals surface area contributed by atoms with Crippen LogP contribution in [0.1, 0.15) is 26.2 Å². The zero-order valence-corrected chi connectivity index (χ0v) is 7.41. The fraction of sp³-hybridized carbons (Fsp3) is 0.875. The minimum Gasteiger partial charge on any atom is -0.306 e. The van der Waals surface area contributed by atoms with Crippen LogP contribution in [0.5, 0.6) is 0 Å². The van der Waals surface area contributed by atoms with Gasteiger partial charge in [-0.1, -0.05) is 0 Å². The Morgan fingerprint density at radius 3 is 2.58 bits per heavy atom. The molecule has 0 aromatic heterocycles. The maximum absolute atomic E-state index is 11.1. The predicted molar refractivity (Wildman–Crippen MR) is 43.5 cm³/mol. The molecule has 0 unspecified atom stereocenters. The van der Waals surface area contributed by atoms with Crippen molar-refractivity contribution in [3.8, 4) is 0 Å². The third kappa shape index (κ3) is 2.70. The van der Waals surface area contributed by atoms with Gasteiger partial charge in [-0.2, -0.15) is 4.89 Å². The molecule has 1 rings (SSSR count). The molecule has 0 atom stereocenters. The fourth-order valence-electron chi connectivity index (χ4n) is 1.24. The van der Waals surface area contributed by atoms with Gasteiger partial charge >= 0.3 is 6.09 Å². The molecule has 1 saturated heterocycles. The van der Waals surface area contributed by atoms with E-state index in [1.807, 2.05) is 0 Å². The second kappa shape index (κ2) is 4.98. The Balaban J connectivity index is 2.20. The Hall–Kier alpha value is -0.770. The molecule has 1 fully saturated rings. The predicted octanol–water partition coefficient (Wildman–Crippen LogP) is 1.56. The average Bonchev–Trinajstić information content (AvgIpc) is 2.15. The van der Waals surface area contributed by atoms with Crippen molar-refractivity contribution >= 4 is 6.09 Å². The third-order valence-corrected chi connectivity index (χ3v) is 1.86. The number of hydrogen-bond acceptors (Lipinski definition) is 3. The first-order chi connectivity index (χ1) is 5.84. The van der Waals surface area contributed by atoms with Gasteiger partial charge in [0.15, 0.2) is 0 Å². The minimum atomic E-state index is -0.350. The standard InChI is InChI=1S/C8H15NO3/c1-2-11-12-8(10)9-6-4-3-5-7-9/h2-7H2,1H3. The Morgan fingerprint density at radius 1 is 1.33 bits per heavy atom. The summed E-state index contributed by atoms with van der Waals surface area (Å²) in [7, 11) is 0. The summed E-state index contributed by atoms with van der Waals surface area (Å²) in [4.78, 5) is 21.9. The Labute approximate surface area is 72.4 Å². The number of carbonyl (C=O) groups is 1. The number of hydrogen-bond donors (Lipinski definition) is 0. The first-order valence-electron chi connectivity index (χ1n) is 4.43. The molecule has 4 nitrogen and oxygen atoms in total. The van der Waals surface area contributed by atoms with Gasteiger partial charge in [-0.05, 0) is 26.2 Å². The summed E-state index contributed by atoms with van der Waals surface area (Å²) in [6.45, 7) is 3.78. The highest BCUT2D eigenvalue weighted by Crippen LogP contribution is 2.09. The Bertz CT molecular complexity index is 143. The topological polar surface area (TPSA) is 38.8 Å². The normalized spacial score (nSPS) is 17.6. The van der Waals surface area contributed by atoms with E-state index in [1.54, 1.807) is 11.8 Å². The van der Waals surface area contributed by atoms with Gasteiger partial charge < -0.3 is 4.90 Å². The van der Waals surface area contributed by atoms with Crippen LogP contribution in [0.2, 0.25) is 0 Å². The molecular formula is C8H15NO3. The van der Waals surface area contributed by atoms with Gasteiger partial charge in [-0.25, -0.2) is 4.79 Å². The van der Waals surface area contributed by atoms with E-state index in [4.69, 9.17) is 0 Å². The molecule has 0 spiro atoms. The molecular weight excluding hydrogens is 158 g/mol. The van der Waals surface area contributed by atoms with Crippen molar-refractivity contribution in [3.05, 3.63) is 0 Å². The molecule has 0 radical (unpaired) electrons. The highest BCUT2D eigenvalue weighted by Gasteiger charge is 2.17.